The molecule has 4 nitrogen and oxygen atoms in total. The quantitative estimate of drug-likeness (QED) is 0.584. The third kappa shape index (κ3) is 3.89. The van der Waals surface area contributed by atoms with Gasteiger partial charge in [0.05, 0.1) is 0 Å². The van der Waals surface area contributed by atoms with E-state index >= 15 is 0 Å². The first-order valence-electron chi connectivity index (χ1n) is 11.6. The molecule has 1 fully saturated rings. The lowest BCUT2D eigenvalue weighted by molar-refractivity contribution is 0.0753. The highest BCUT2D eigenvalue weighted by Gasteiger charge is 2.32. The van der Waals surface area contributed by atoms with Crippen LogP contribution in [0.1, 0.15) is 45.5 Å². The predicted molar refractivity (Wildman–Crippen MR) is 126 cm³/mol. The van der Waals surface area contributed by atoms with Gasteiger partial charge in [0.15, 0.2) is 0 Å². The number of carbonyl (C=O) groups excluding carboxylic acids is 1. The summed E-state index contributed by atoms with van der Waals surface area (Å²) in [6.45, 7) is 9.33. The number of nitrogens with zero attached hydrogens (tertiary/aromatic N) is 3. The van der Waals surface area contributed by atoms with E-state index in [0.29, 0.717) is 5.92 Å². The second-order valence-electron chi connectivity index (χ2n) is 9.62. The summed E-state index contributed by atoms with van der Waals surface area (Å²) in [5.74, 6) is 0.825. The van der Waals surface area contributed by atoms with Crippen LogP contribution in [0.3, 0.4) is 0 Å². The fourth-order valence-electron chi connectivity index (χ4n) is 5.50. The lowest BCUT2D eigenvalue weighted by Crippen LogP contribution is -2.31. The molecule has 1 saturated heterocycles. The summed E-state index contributed by atoms with van der Waals surface area (Å²) in [5, 5.41) is 1.39. The van der Waals surface area contributed by atoms with Gasteiger partial charge < -0.3 is 14.4 Å². The Kier molecular flexibility index (Phi) is 5.35. The van der Waals surface area contributed by atoms with Crippen LogP contribution in [0.25, 0.3) is 10.9 Å². The number of aryl methyl sites for hydroxylation is 4. The van der Waals surface area contributed by atoms with E-state index in [1.54, 1.807) is 0 Å². The fraction of sp³-hybridized carbons (Fsp3) is 0.444. The largest absolute Gasteiger partial charge is 0.350 e. The molecule has 0 spiro atoms. The average molecular weight is 416 g/mol. The maximum Gasteiger partial charge on any atom is 0.254 e. The van der Waals surface area contributed by atoms with Gasteiger partial charge in [-0.2, -0.15) is 0 Å². The minimum atomic E-state index is 0.229. The van der Waals surface area contributed by atoms with Crippen molar-refractivity contribution in [3.05, 3.63) is 70.4 Å². The van der Waals surface area contributed by atoms with Gasteiger partial charge in [0.1, 0.15) is 0 Å². The SMILES string of the molecule is Cc1cc2c(cc1C)C(=O)N(CC1CCN(CCCc3cn(C)c4ccccc34)C1)C2. The van der Waals surface area contributed by atoms with Crippen molar-refractivity contribution in [3.63, 3.8) is 0 Å². The standard InChI is InChI=1S/C27H33N3O/c1-19-13-23-18-30(27(31)25(23)14-20(19)2)16-21-10-12-29(15-21)11-6-7-22-17-28(3)26-9-5-4-8-24(22)26/h4-5,8-9,13-14,17,21H,6-7,10-12,15-16,18H2,1-3H3. The van der Waals surface area contributed by atoms with Crippen molar-refractivity contribution >= 4 is 16.8 Å². The van der Waals surface area contributed by atoms with Gasteiger partial charge in [0.25, 0.3) is 5.91 Å². The van der Waals surface area contributed by atoms with Crippen LogP contribution in [0.2, 0.25) is 0 Å². The summed E-state index contributed by atoms with van der Waals surface area (Å²) in [6, 6.07) is 13.0. The Balaban J connectivity index is 1.13. The van der Waals surface area contributed by atoms with Crippen molar-refractivity contribution < 1.29 is 4.79 Å². The van der Waals surface area contributed by atoms with Crippen molar-refractivity contribution in [2.45, 2.75) is 39.7 Å². The molecule has 0 radical (unpaired) electrons. The number of aromatic nitrogens is 1. The maximum absolute atomic E-state index is 12.9. The summed E-state index contributed by atoms with van der Waals surface area (Å²) in [6.07, 6.45) is 5.80. The number of rotatable bonds is 6. The molecular weight excluding hydrogens is 382 g/mol. The van der Waals surface area contributed by atoms with Crippen molar-refractivity contribution in [2.24, 2.45) is 13.0 Å². The van der Waals surface area contributed by atoms with Crippen LogP contribution in [0.4, 0.5) is 0 Å². The Morgan fingerprint density at radius 1 is 1.10 bits per heavy atom. The van der Waals surface area contributed by atoms with E-state index in [1.165, 1.54) is 46.0 Å². The fourth-order valence-corrected chi connectivity index (χ4v) is 5.50. The first kappa shape index (κ1) is 20.3. The highest BCUT2D eigenvalue weighted by Crippen LogP contribution is 2.28. The molecule has 1 aromatic heterocycles. The van der Waals surface area contributed by atoms with E-state index in [2.05, 4.69) is 77.9 Å². The summed E-state index contributed by atoms with van der Waals surface area (Å²) in [7, 11) is 2.14. The molecule has 0 bridgehead atoms. The number of fused-ring (bicyclic) bond motifs is 2. The zero-order valence-corrected chi connectivity index (χ0v) is 19.0. The van der Waals surface area contributed by atoms with E-state index in [4.69, 9.17) is 0 Å². The molecule has 3 heterocycles. The van der Waals surface area contributed by atoms with Crippen molar-refractivity contribution in [3.8, 4) is 0 Å². The molecule has 2 aromatic carbocycles. The molecule has 162 valence electrons. The van der Waals surface area contributed by atoms with E-state index < -0.39 is 0 Å². The number of carbonyl (C=O) groups is 1. The highest BCUT2D eigenvalue weighted by molar-refractivity contribution is 5.98. The Labute approximate surface area is 185 Å². The summed E-state index contributed by atoms with van der Waals surface area (Å²) in [4.78, 5) is 17.6. The molecule has 0 aliphatic carbocycles. The number of para-hydroxylation sites is 1. The zero-order valence-electron chi connectivity index (χ0n) is 19.0. The molecule has 4 heteroatoms. The minimum Gasteiger partial charge on any atom is -0.350 e. The molecule has 0 saturated carbocycles. The van der Waals surface area contributed by atoms with Gasteiger partial charge in [-0.15, -0.1) is 0 Å². The monoisotopic (exact) mass is 415 g/mol. The van der Waals surface area contributed by atoms with Crippen LogP contribution >= 0.6 is 0 Å². The average Bonchev–Trinajstić information content (AvgIpc) is 3.42. The van der Waals surface area contributed by atoms with Gasteiger partial charge in [-0.1, -0.05) is 24.3 Å². The zero-order chi connectivity index (χ0) is 21.5. The lowest BCUT2D eigenvalue weighted by Gasteiger charge is -2.21. The smallest absolute Gasteiger partial charge is 0.254 e. The van der Waals surface area contributed by atoms with Crippen LogP contribution in [0.15, 0.2) is 42.6 Å². The Morgan fingerprint density at radius 3 is 2.77 bits per heavy atom. The van der Waals surface area contributed by atoms with Crippen LogP contribution in [-0.2, 0) is 20.0 Å². The molecule has 0 N–H and O–H groups in total. The highest BCUT2D eigenvalue weighted by atomic mass is 16.2. The van der Waals surface area contributed by atoms with Crippen molar-refractivity contribution in [1.82, 2.24) is 14.4 Å². The van der Waals surface area contributed by atoms with E-state index in [-0.39, 0.29) is 5.91 Å². The number of likely N-dealkylation sites (tertiary alicyclic amines) is 1. The third-order valence-corrected chi connectivity index (χ3v) is 7.35. The summed E-state index contributed by atoms with van der Waals surface area (Å²) < 4.78 is 2.24. The molecule has 31 heavy (non-hydrogen) atoms. The molecular formula is C27H33N3O. The Bertz CT molecular complexity index is 1130. The Morgan fingerprint density at radius 2 is 1.90 bits per heavy atom. The van der Waals surface area contributed by atoms with Crippen molar-refractivity contribution in [2.75, 3.05) is 26.2 Å². The van der Waals surface area contributed by atoms with Gasteiger partial charge in [0, 0.05) is 49.3 Å². The van der Waals surface area contributed by atoms with E-state index in [1.807, 2.05) is 0 Å². The van der Waals surface area contributed by atoms with Gasteiger partial charge in [0.2, 0.25) is 0 Å². The first-order valence-corrected chi connectivity index (χ1v) is 11.6. The van der Waals surface area contributed by atoms with Crippen LogP contribution in [0, 0.1) is 19.8 Å². The third-order valence-electron chi connectivity index (χ3n) is 7.35. The molecule has 3 aromatic rings. The van der Waals surface area contributed by atoms with Gasteiger partial charge >= 0.3 is 0 Å². The molecule has 1 atom stereocenters. The minimum absolute atomic E-state index is 0.229. The normalized spacial score (nSPS) is 19.0. The summed E-state index contributed by atoms with van der Waals surface area (Å²) in [5.41, 5.74) is 7.41. The Hall–Kier alpha value is -2.59. The number of hydrogen-bond acceptors (Lipinski definition) is 2. The van der Waals surface area contributed by atoms with Crippen molar-refractivity contribution in [1.29, 1.82) is 0 Å². The summed E-state index contributed by atoms with van der Waals surface area (Å²) >= 11 is 0. The second kappa shape index (κ2) is 8.16. The molecule has 5 rings (SSSR count). The topological polar surface area (TPSA) is 28.5 Å². The number of benzene rings is 2. The van der Waals surface area contributed by atoms with E-state index in [0.717, 1.165) is 44.7 Å². The van der Waals surface area contributed by atoms with Gasteiger partial charge in [-0.3, -0.25) is 4.79 Å². The van der Waals surface area contributed by atoms with Crippen LogP contribution < -0.4 is 0 Å². The molecule has 1 amide bonds. The van der Waals surface area contributed by atoms with Gasteiger partial charge in [-0.05, 0) is 86.5 Å². The van der Waals surface area contributed by atoms with Gasteiger partial charge in [-0.25, -0.2) is 0 Å². The maximum atomic E-state index is 12.9. The number of amides is 1. The van der Waals surface area contributed by atoms with Crippen LogP contribution in [0.5, 0.6) is 0 Å². The molecule has 2 aliphatic rings. The lowest BCUT2D eigenvalue weighted by atomic mass is 10.0. The first-order chi connectivity index (χ1) is 15.0. The van der Waals surface area contributed by atoms with Crippen LogP contribution in [-0.4, -0.2) is 46.5 Å². The molecule has 1 unspecified atom stereocenters. The number of hydrogen-bond donors (Lipinski definition) is 0. The van der Waals surface area contributed by atoms with E-state index in [9.17, 15) is 4.79 Å². The molecule has 2 aliphatic heterocycles. The predicted octanol–water partition coefficient (Wildman–Crippen LogP) is 4.71. The second-order valence-corrected chi connectivity index (χ2v) is 9.62.